The monoisotopic (exact) mass is 415 g/mol. The topological polar surface area (TPSA) is 60.2 Å². The van der Waals surface area contributed by atoms with E-state index >= 15 is 0 Å². The number of ether oxygens (including phenoxy) is 1. The molecule has 1 heterocycles. The SMILES string of the molecule is COc1cc(Nc2cccc(C(N)=S)n2)c(Br)cc1Br. The molecule has 0 spiro atoms. The van der Waals surface area contributed by atoms with Crippen molar-refractivity contribution in [1.82, 2.24) is 4.98 Å². The first-order chi connectivity index (χ1) is 9.51. The summed E-state index contributed by atoms with van der Waals surface area (Å²) in [7, 11) is 1.61. The van der Waals surface area contributed by atoms with Gasteiger partial charge in [0.05, 0.1) is 23.0 Å². The number of benzene rings is 1. The summed E-state index contributed by atoms with van der Waals surface area (Å²) in [4.78, 5) is 4.60. The number of nitrogens with two attached hydrogens (primary N) is 1. The molecular formula is C13H11Br2N3OS. The summed E-state index contributed by atoms with van der Waals surface area (Å²) in [6, 6.07) is 9.21. The first kappa shape index (κ1) is 15.2. The number of hydrogen-bond acceptors (Lipinski definition) is 4. The minimum Gasteiger partial charge on any atom is -0.495 e. The highest BCUT2D eigenvalue weighted by Gasteiger charge is 2.08. The molecule has 0 atom stereocenters. The van der Waals surface area contributed by atoms with Gasteiger partial charge in [-0.25, -0.2) is 4.98 Å². The van der Waals surface area contributed by atoms with Crippen LogP contribution in [-0.4, -0.2) is 17.1 Å². The summed E-state index contributed by atoms with van der Waals surface area (Å²) in [5.74, 6) is 1.38. The molecule has 0 bridgehead atoms. The van der Waals surface area contributed by atoms with Crippen LogP contribution in [0.25, 0.3) is 0 Å². The Kier molecular flexibility index (Phi) is 4.95. The molecule has 2 aromatic rings. The second kappa shape index (κ2) is 6.51. The maximum Gasteiger partial charge on any atom is 0.135 e. The maximum atomic E-state index is 5.58. The highest BCUT2D eigenvalue weighted by molar-refractivity contribution is 9.11. The number of halogens is 2. The van der Waals surface area contributed by atoms with Gasteiger partial charge in [0.1, 0.15) is 16.6 Å². The number of anilines is 2. The molecule has 1 aromatic carbocycles. The molecule has 0 radical (unpaired) electrons. The fraction of sp³-hybridized carbons (Fsp3) is 0.0769. The van der Waals surface area contributed by atoms with E-state index < -0.39 is 0 Å². The van der Waals surface area contributed by atoms with Gasteiger partial charge in [-0.1, -0.05) is 18.3 Å². The predicted molar refractivity (Wildman–Crippen MR) is 91.8 cm³/mol. The minimum absolute atomic E-state index is 0.265. The van der Waals surface area contributed by atoms with E-state index in [1.807, 2.05) is 24.3 Å². The summed E-state index contributed by atoms with van der Waals surface area (Å²) in [6.45, 7) is 0. The molecule has 0 amide bonds. The average Bonchev–Trinajstić information content (AvgIpc) is 2.42. The Hall–Kier alpha value is -1.18. The third kappa shape index (κ3) is 3.47. The van der Waals surface area contributed by atoms with Gasteiger partial charge in [-0.2, -0.15) is 0 Å². The van der Waals surface area contributed by atoms with Gasteiger partial charge >= 0.3 is 0 Å². The largest absolute Gasteiger partial charge is 0.495 e. The van der Waals surface area contributed by atoms with Crippen LogP contribution in [0.5, 0.6) is 5.75 Å². The highest BCUT2D eigenvalue weighted by atomic mass is 79.9. The third-order valence-corrected chi connectivity index (χ3v) is 3.99. The zero-order valence-electron chi connectivity index (χ0n) is 10.5. The summed E-state index contributed by atoms with van der Waals surface area (Å²) in [5, 5.41) is 3.20. The van der Waals surface area contributed by atoms with Crippen molar-refractivity contribution in [2.75, 3.05) is 12.4 Å². The van der Waals surface area contributed by atoms with Crippen molar-refractivity contribution in [3.8, 4) is 5.75 Å². The number of hydrogen-bond donors (Lipinski definition) is 2. The average molecular weight is 417 g/mol. The molecule has 1 aromatic heterocycles. The Morgan fingerprint density at radius 1 is 1.30 bits per heavy atom. The lowest BCUT2D eigenvalue weighted by Crippen LogP contribution is -2.12. The van der Waals surface area contributed by atoms with Crippen LogP contribution in [0.1, 0.15) is 5.69 Å². The standard InChI is InChI=1S/C13H11Br2N3OS/c1-19-11-6-10(7(14)5-8(11)15)18-12-4-2-3-9(17-12)13(16)20/h2-6H,1H3,(H2,16,20)(H,17,18). The number of methoxy groups -OCH3 is 1. The van der Waals surface area contributed by atoms with Gasteiger partial charge in [-0.3, -0.25) is 0 Å². The number of rotatable bonds is 4. The number of aromatic nitrogens is 1. The lowest BCUT2D eigenvalue weighted by Gasteiger charge is -2.12. The van der Waals surface area contributed by atoms with Gasteiger partial charge in [-0.15, -0.1) is 0 Å². The second-order valence-electron chi connectivity index (χ2n) is 3.86. The van der Waals surface area contributed by atoms with E-state index in [4.69, 9.17) is 22.7 Å². The molecule has 2 rings (SSSR count). The summed E-state index contributed by atoms with van der Waals surface area (Å²) in [5.41, 5.74) is 6.98. The molecule has 0 unspecified atom stereocenters. The fourth-order valence-corrected chi connectivity index (χ4v) is 2.93. The molecule has 4 nitrogen and oxygen atoms in total. The van der Waals surface area contributed by atoms with Crippen molar-refractivity contribution < 1.29 is 4.74 Å². The van der Waals surface area contributed by atoms with Gasteiger partial charge in [0.2, 0.25) is 0 Å². The first-order valence-electron chi connectivity index (χ1n) is 5.58. The Balaban J connectivity index is 2.34. The van der Waals surface area contributed by atoms with Crippen LogP contribution in [0.15, 0.2) is 39.3 Å². The van der Waals surface area contributed by atoms with Crippen LogP contribution in [0.3, 0.4) is 0 Å². The van der Waals surface area contributed by atoms with E-state index in [2.05, 4.69) is 42.2 Å². The molecular weight excluding hydrogens is 406 g/mol. The summed E-state index contributed by atoms with van der Waals surface area (Å²) < 4.78 is 7.02. The van der Waals surface area contributed by atoms with Crippen molar-refractivity contribution >= 4 is 60.6 Å². The van der Waals surface area contributed by atoms with Crippen molar-refractivity contribution in [3.05, 3.63) is 45.0 Å². The minimum atomic E-state index is 0.265. The molecule has 3 N–H and O–H groups in total. The number of pyridine rings is 1. The number of nitrogens with zero attached hydrogens (tertiary/aromatic N) is 1. The normalized spacial score (nSPS) is 10.2. The quantitative estimate of drug-likeness (QED) is 0.737. The molecule has 0 aliphatic carbocycles. The van der Waals surface area contributed by atoms with E-state index in [9.17, 15) is 0 Å². The van der Waals surface area contributed by atoms with Gasteiger partial charge in [0.15, 0.2) is 0 Å². The second-order valence-corrected chi connectivity index (χ2v) is 6.01. The Morgan fingerprint density at radius 3 is 2.70 bits per heavy atom. The molecule has 20 heavy (non-hydrogen) atoms. The number of nitrogens with one attached hydrogen (secondary N) is 1. The van der Waals surface area contributed by atoms with E-state index in [1.165, 1.54) is 0 Å². The molecule has 104 valence electrons. The van der Waals surface area contributed by atoms with Crippen LogP contribution in [0, 0.1) is 0 Å². The van der Waals surface area contributed by atoms with Crippen molar-refractivity contribution in [2.45, 2.75) is 0 Å². The van der Waals surface area contributed by atoms with Crippen LogP contribution >= 0.6 is 44.1 Å². The number of thiocarbonyl (C=S) groups is 1. The Morgan fingerprint density at radius 2 is 2.05 bits per heavy atom. The van der Waals surface area contributed by atoms with Gasteiger partial charge < -0.3 is 15.8 Å². The molecule has 0 aliphatic rings. The summed E-state index contributed by atoms with van der Waals surface area (Å²) >= 11 is 11.8. The zero-order valence-corrected chi connectivity index (χ0v) is 14.5. The molecule has 7 heteroatoms. The van der Waals surface area contributed by atoms with Crippen molar-refractivity contribution in [1.29, 1.82) is 0 Å². The van der Waals surface area contributed by atoms with E-state index in [1.54, 1.807) is 13.2 Å². The van der Waals surface area contributed by atoms with Crippen LogP contribution in [0.4, 0.5) is 11.5 Å². The highest BCUT2D eigenvalue weighted by Crippen LogP contribution is 2.35. The lowest BCUT2D eigenvalue weighted by molar-refractivity contribution is 0.412. The van der Waals surface area contributed by atoms with Crippen molar-refractivity contribution in [2.24, 2.45) is 5.73 Å². The van der Waals surface area contributed by atoms with E-state index in [0.717, 1.165) is 20.4 Å². The third-order valence-electron chi connectivity index (χ3n) is 2.51. The van der Waals surface area contributed by atoms with Crippen LogP contribution in [0.2, 0.25) is 0 Å². The van der Waals surface area contributed by atoms with Gasteiger partial charge in [-0.05, 0) is 50.1 Å². The van der Waals surface area contributed by atoms with Crippen molar-refractivity contribution in [3.63, 3.8) is 0 Å². The van der Waals surface area contributed by atoms with Gasteiger partial charge in [0.25, 0.3) is 0 Å². The van der Waals surface area contributed by atoms with Gasteiger partial charge in [0, 0.05) is 10.5 Å². The predicted octanol–water partition coefficient (Wildman–Crippen LogP) is 3.99. The lowest BCUT2D eigenvalue weighted by atomic mass is 10.3. The molecule has 0 saturated carbocycles. The zero-order chi connectivity index (χ0) is 14.7. The maximum absolute atomic E-state index is 5.58. The summed E-state index contributed by atoms with van der Waals surface area (Å²) in [6.07, 6.45) is 0. The molecule has 0 aliphatic heterocycles. The fourth-order valence-electron chi connectivity index (χ4n) is 1.56. The van der Waals surface area contributed by atoms with Crippen LogP contribution < -0.4 is 15.8 Å². The van der Waals surface area contributed by atoms with Crippen LogP contribution in [-0.2, 0) is 0 Å². The van der Waals surface area contributed by atoms with E-state index in [0.29, 0.717) is 11.5 Å². The van der Waals surface area contributed by atoms with E-state index in [-0.39, 0.29) is 4.99 Å². The molecule has 0 fully saturated rings. The Bertz CT molecular complexity index is 664. The Labute approximate surface area is 139 Å². The first-order valence-corrected chi connectivity index (χ1v) is 7.57. The smallest absolute Gasteiger partial charge is 0.135 e. The molecule has 0 saturated heterocycles.